The maximum absolute atomic E-state index is 6.27. The largest absolute Gasteiger partial charge is 0.454 e. The first-order valence-electron chi connectivity index (χ1n) is 8.27. The second kappa shape index (κ2) is 7.87. The van der Waals surface area contributed by atoms with Crippen molar-refractivity contribution < 1.29 is 4.42 Å². The van der Waals surface area contributed by atoms with Gasteiger partial charge in [0.15, 0.2) is 5.42 Å². The molecule has 0 aliphatic rings. The van der Waals surface area contributed by atoms with Gasteiger partial charge in [0, 0.05) is 17.1 Å². The zero-order chi connectivity index (χ0) is 16.8. The van der Waals surface area contributed by atoms with Crippen LogP contribution in [-0.4, -0.2) is 6.54 Å². The van der Waals surface area contributed by atoms with Crippen molar-refractivity contribution in [3.8, 4) is 0 Å². The highest BCUT2D eigenvalue weighted by Gasteiger charge is 2.10. The van der Waals surface area contributed by atoms with Crippen LogP contribution >= 0.6 is 0 Å². The minimum atomic E-state index is 0.596. The average Bonchev–Trinajstić information content (AvgIpc) is 2.87. The van der Waals surface area contributed by atoms with Gasteiger partial charge in [-0.25, -0.2) is 0 Å². The van der Waals surface area contributed by atoms with Crippen LogP contribution in [0.3, 0.4) is 0 Å². The highest BCUT2D eigenvalue weighted by molar-refractivity contribution is 5.82. The van der Waals surface area contributed by atoms with E-state index in [0.717, 1.165) is 40.3 Å². The highest BCUT2D eigenvalue weighted by Crippen LogP contribution is 2.18. The third-order valence-electron chi connectivity index (χ3n) is 3.81. The van der Waals surface area contributed by atoms with Crippen LogP contribution in [-0.2, 0) is 6.42 Å². The first-order chi connectivity index (χ1) is 11.1. The first-order valence-corrected chi connectivity index (χ1v) is 8.27. The summed E-state index contributed by atoms with van der Waals surface area (Å²) in [5.41, 5.74) is 4.21. The van der Waals surface area contributed by atoms with E-state index >= 15 is 0 Å². The molecule has 0 spiro atoms. The minimum Gasteiger partial charge on any atom is -0.454 e. The Morgan fingerprint density at radius 2 is 2.13 bits per heavy atom. The van der Waals surface area contributed by atoms with Crippen LogP contribution < -0.4 is 16.0 Å². The maximum Gasteiger partial charge on any atom is 0.154 e. The molecule has 0 saturated heterocycles. The van der Waals surface area contributed by atoms with Crippen molar-refractivity contribution in [2.75, 3.05) is 6.54 Å². The Morgan fingerprint density at radius 3 is 2.78 bits per heavy atom. The van der Waals surface area contributed by atoms with E-state index in [1.165, 1.54) is 5.56 Å². The molecule has 0 fully saturated rings. The van der Waals surface area contributed by atoms with Crippen LogP contribution in [0.25, 0.3) is 22.7 Å². The van der Waals surface area contributed by atoms with E-state index in [4.69, 9.17) is 4.42 Å². The molecule has 1 heterocycles. The molecule has 0 bridgehead atoms. The quantitative estimate of drug-likeness (QED) is 0.819. The van der Waals surface area contributed by atoms with Crippen molar-refractivity contribution in [2.24, 2.45) is 5.92 Å². The lowest BCUT2D eigenvalue weighted by Gasteiger charge is -2.04. The smallest absolute Gasteiger partial charge is 0.154 e. The summed E-state index contributed by atoms with van der Waals surface area (Å²) >= 11 is 0. The molecule has 2 nitrogen and oxygen atoms in total. The van der Waals surface area contributed by atoms with Gasteiger partial charge in [0.2, 0.25) is 0 Å². The van der Waals surface area contributed by atoms with Gasteiger partial charge in [-0.2, -0.15) is 0 Å². The summed E-state index contributed by atoms with van der Waals surface area (Å²) in [6.45, 7) is 13.2. The van der Waals surface area contributed by atoms with E-state index in [2.05, 4.69) is 56.9 Å². The predicted molar refractivity (Wildman–Crippen MR) is 101 cm³/mol. The van der Waals surface area contributed by atoms with Crippen molar-refractivity contribution in [3.05, 3.63) is 59.2 Å². The molecule has 2 aromatic rings. The van der Waals surface area contributed by atoms with E-state index in [9.17, 15) is 0 Å². The van der Waals surface area contributed by atoms with Crippen LogP contribution in [0.2, 0.25) is 0 Å². The Hall–Kier alpha value is -2.22. The fourth-order valence-corrected chi connectivity index (χ4v) is 2.77. The van der Waals surface area contributed by atoms with Crippen molar-refractivity contribution >= 4 is 22.7 Å². The van der Waals surface area contributed by atoms with E-state index in [1.807, 2.05) is 25.2 Å². The van der Waals surface area contributed by atoms with E-state index in [1.54, 1.807) is 0 Å². The number of furan rings is 1. The van der Waals surface area contributed by atoms with E-state index in [0.29, 0.717) is 5.92 Å². The second-order valence-electron chi connectivity index (χ2n) is 6.21. The lowest BCUT2D eigenvalue weighted by molar-refractivity contribution is 0.556. The normalized spacial score (nSPS) is 14.0. The lowest BCUT2D eigenvalue weighted by Crippen LogP contribution is -2.28. The summed E-state index contributed by atoms with van der Waals surface area (Å²) in [6, 6.07) is 6.40. The second-order valence-corrected chi connectivity index (χ2v) is 6.21. The third-order valence-corrected chi connectivity index (χ3v) is 3.81. The van der Waals surface area contributed by atoms with Gasteiger partial charge in [-0.15, -0.1) is 0 Å². The van der Waals surface area contributed by atoms with Crippen molar-refractivity contribution in [1.82, 2.24) is 5.32 Å². The van der Waals surface area contributed by atoms with Crippen LogP contribution in [0.1, 0.15) is 33.3 Å². The number of hydrogen-bond donors (Lipinski definition) is 1. The number of nitrogens with one attached hydrogen (secondary N) is 1. The van der Waals surface area contributed by atoms with Gasteiger partial charge < -0.3 is 9.73 Å². The molecule has 0 radical (unpaired) electrons. The van der Waals surface area contributed by atoms with Crippen molar-refractivity contribution in [1.29, 1.82) is 0 Å². The topological polar surface area (TPSA) is 25.2 Å². The number of rotatable bonds is 6. The van der Waals surface area contributed by atoms with Gasteiger partial charge in [0.05, 0.1) is 5.70 Å². The molecular formula is C21H27NO. The van der Waals surface area contributed by atoms with Crippen LogP contribution in [0.5, 0.6) is 0 Å². The van der Waals surface area contributed by atoms with E-state index < -0.39 is 0 Å². The number of para-hydroxylation sites is 1. The maximum atomic E-state index is 6.27. The fraction of sp³-hybridized carbons (Fsp3) is 0.333. The fourth-order valence-electron chi connectivity index (χ4n) is 2.77. The first kappa shape index (κ1) is 17.1. The third kappa shape index (κ3) is 3.95. The molecule has 122 valence electrons. The van der Waals surface area contributed by atoms with Crippen LogP contribution in [0.15, 0.2) is 47.4 Å². The Kier molecular flexibility index (Phi) is 5.86. The lowest BCUT2D eigenvalue weighted by atomic mass is 10.0. The van der Waals surface area contributed by atoms with Gasteiger partial charge in [0.25, 0.3) is 0 Å². The molecule has 0 aliphatic carbocycles. The van der Waals surface area contributed by atoms with E-state index in [-0.39, 0.29) is 0 Å². The molecule has 2 heteroatoms. The molecule has 0 unspecified atom stereocenters. The average molecular weight is 309 g/mol. The molecule has 1 aromatic heterocycles. The van der Waals surface area contributed by atoms with Gasteiger partial charge in [0.1, 0.15) is 5.58 Å². The highest BCUT2D eigenvalue weighted by atomic mass is 16.3. The number of allylic oxidation sites excluding steroid dienone is 2. The zero-order valence-electron chi connectivity index (χ0n) is 14.6. The number of benzene rings is 1. The van der Waals surface area contributed by atoms with Crippen molar-refractivity contribution in [3.63, 3.8) is 0 Å². The summed E-state index contributed by atoms with van der Waals surface area (Å²) in [5, 5.41) is 5.66. The van der Waals surface area contributed by atoms with Crippen LogP contribution in [0, 0.1) is 5.92 Å². The van der Waals surface area contributed by atoms with Crippen molar-refractivity contribution in [2.45, 2.75) is 34.1 Å². The molecule has 23 heavy (non-hydrogen) atoms. The summed E-state index contributed by atoms with van der Waals surface area (Å²) in [6.07, 6.45) is 9.00. The number of hydrogen-bond acceptors (Lipinski definition) is 2. The molecule has 0 saturated carbocycles. The molecule has 1 aromatic carbocycles. The molecule has 0 aliphatic heterocycles. The Balaban J connectivity index is 2.70. The van der Waals surface area contributed by atoms with Crippen LogP contribution in [0.4, 0.5) is 0 Å². The minimum absolute atomic E-state index is 0.596. The monoisotopic (exact) mass is 309 g/mol. The predicted octanol–water partition coefficient (Wildman–Crippen LogP) is 3.89. The zero-order valence-corrected chi connectivity index (χ0v) is 14.6. The van der Waals surface area contributed by atoms with Gasteiger partial charge in [-0.1, -0.05) is 62.9 Å². The summed E-state index contributed by atoms with van der Waals surface area (Å²) in [4.78, 5) is 0. The Labute approximate surface area is 138 Å². The molecule has 0 atom stereocenters. The van der Waals surface area contributed by atoms with Gasteiger partial charge in [-0.05, 0) is 31.7 Å². The molecule has 1 N–H and O–H groups in total. The number of fused-ring (bicyclic) bond motifs is 1. The standard InChI is InChI=1S/C21H27NO/c1-6-8-13-22-16(5)20-18(10-7-2)19-12-9-11-17(14-15(3)4)21(19)23-20/h6-12,15,22H,2,13-14H2,1,3-5H3/b8-6-,18-10-,20-16-. The van der Waals surface area contributed by atoms with Gasteiger partial charge >= 0.3 is 0 Å². The molecular weight excluding hydrogens is 282 g/mol. The Bertz CT molecular complexity index is 821. The SMILES string of the molecule is C=C/C=c1\c(=C(/C)NC/C=C\C)oc2c(CC(C)C)cccc12. The van der Waals surface area contributed by atoms with Gasteiger partial charge in [-0.3, -0.25) is 0 Å². The Morgan fingerprint density at radius 1 is 1.35 bits per heavy atom. The summed E-state index contributed by atoms with van der Waals surface area (Å²) in [5.74, 6) is 0.596. The molecule has 0 amide bonds. The molecule has 2 rings (SSSR count). The summed E-state index contributed by atoms with van der Waals surface area (Å²) < 4.78 is 6.27. The summed E-state index contributed by atoms with van der Waals surface area (Å²) in [7, 11) is 0.